The maximum Gasteiger partial charge on any atom is 0.416 e. The van der Waals surface area contributed by atoms with Gasteiger partial charge in [-0.05, 0) is 42.5 Å². The van der Waals surface area contributed by atoms with E-state index in [9.17, 15) is 18.0 Å². The molecule has 0 aliphatic heterocycles. The molecule has 0 atom stereocenters. The minimum absolute atomic E-state index is 0.324. The van der Waals surface area contributed by atoms with Crippen LogP contribution in [0.3, 0.4) is 0 Å². The molecule has 0 saturated carbocycles. The van der Waals surface area contributed by atoms with E-state index in [2.05, 4.69) is 10.3 Å². The number of rotatable bonds is 2. The number of alkyl halides is 3. The van der Waals surface area contributed by atoms with E-state index in [4.69, 9.17) is 5.73 Å². The van der Waals surface area contributed by atoms with Gasteiger partial charge < -0.3 is 5.73 Å². The quantitative estimate of drug-likeness (QED) is 0.597. The van der Waals surface area contributed by atoms with E-state index in [1.54, 1.807) is 34.5 Å². The Morgan fingerprint density at radius 1 is 1.12 bits per heavy atom. The summed E-state index contributed by atoms with van der Waals surface area (Å²) < 4.78 is 41.7. The maximum absolute atomic E-state index is 12.8. The zero-order valence-corrected chi connectivity index (χ0v) is 13.4. The molecule has 0 aliphatic carbocycles. The van der Waals surface area contributed by atoms with Crippen LogP contribution in [0.25, 0.3) is 27.8 Å². The second-order valence-electron chi connectivity index (χ2n) is 5.86. The van der Waals surface area contributed by atoms with Crippen molar-refractivity contribution in [2.75, 3.05) is 0 Å². The molecule has 9 heteroatoms. The lowest BCUT2D eigenvalue weighted by Crippen LogP contribution is -2.10. The summed E-state index contributed by atoms with van der Waals surface area (Å²) in [5.74, 6) is -0.572. The first-order chi connectivity index (χ1) is 12.3. The third-order valence-electron chi connectivity index (χ3n) is 4.25. The second kappa shape index (κ2) is 5.32. The van der Waals surface area contributed by atoms with Crippen molar-refractivity contribution in [3.63, 3.8) is 0 Å². The Bertz CT molecular complexity index is 1160. The molecule has 0 spiro atoms. The Balaban J connectivity index is 2.01. The second-order valence-corrected chi connectivity index (χ2v) is 5.86. The molecule has 0 bridgehead atoms. The molecule has 1 amide bonds. The molecule has 2 heterocycles. The largest absolute Gasteiger partial charge is 0.416 e. The van der Waals surface area contributed by atoms with Crippen LogP contribution in [-0.2, 0) is 13.2 Å². The fourth-order valence-corrected chi connectivity index (χ4v) is 3.04. The first kappa shape index (κ1) is 16.1. The first-order valence-electron chi connectivity index (χ1n) is 7.58. The Hall–Kier alpha value is -3.36. The summed E-state index contributed by atoms with van der Waals surface area (Å²) in [6.45, 7) is 0. The van der Waals surface area contributed by atoms with Crippen LogP contribution in [-0.4, -0.2) is 25.5 Å². The molecule has 0 aliphatic rings. The highest BCUT2D eigenvalue weighted by Gasteiger charge is 2.30. The average Bonchev–Trinajstić information content (AvgIpc) is 3.11. The summed E-state index contributed by atoms with van der Waals surface area (Å²) in [4.78, 5) is 11.5. The lowest BCUT2D eigenvalue weighted by Gasteiger charge is -2.09. The number of halogens is 3. The normalized spacial score (nSPS) is 12.2. The molecule has 132 valence electrons. The maximum atomic E-state index is 12.8. The van der Waals surface area contributed by atoms with E-state index in [1.165, 1.54) is 12.1 Å². The zero-order valence-electron chi connectivity index (χ0n) is 13.4. The van der Waals surface area contributed by atoms with Crippen molar-refractivity contribution in [1.82, 2.24) is 19.6 Å². The van der Waals surface area contributed by atoms with E-state index < -0.39 is 17.6 Å². The summed E-state index contributed by atoms with van der Waals surface area (Å²) in [7, 11) is 1.70. The van der Waals surface area contributed by atoms with Crippen LogP contribution < -0.4 is 5.73 Å². The first-order valence-corrected chi connectivity index (χ1v) is 7.58. The highest BCUT2D eigenvalue weighted by atomic mass is 19.4. The molecule has 2 aromatic heterocycles. The lowest BCUT2D eigenvalue weighted by atomic mass is 10.1. The number of aromatic nitrogens is 4. The predicted molar refractivity (Wildman–Crippen MR) is 88.9 cm³/mol. The van der Waals surface area contributed by atoms with Crippen molar-refractivity contribution < 1.29 is 18.0 Å². The highest BCUT2D eigenvalue weighted by molar-refractivity contribution is 6.08. The van der Waals surface area contributed by atoms with Crippen LogP contribution >= 0.6 is 0 Å². The molecule has 0 saturated heterocycles. The van der Waals surface area contributed by atoms with Gasteiger partial charge in [0.2, 0.25) is 5.91 Å². The Labute approximate surface area is 144 Å². The van der Waals surface area contributed by atoms with Crippen molar-refractivity contribution in [3.8, 4) is 5.69 Å². The Morgan fingerprint density at radius 3 is 2.42 bits per heavy atom. The predicted octanol–water partition coefficient (Wildman–Crippen LogP) is 3.03. The fraction of sp³-hybridized carbons (Fsp3) is 0.118. The van der Waals surface area contributed by atoms with Crippen molar-refractivity contribution >= 4 is 28.0 Å². The summed E-state index contributed by atoms with van der Waals surface area (Å²) >= 11 is 0. The number of fused-ring (bicyclic) bond motifs is 3. The van der Waals surface area contributed by atoms with Crippen LogP contribution in [0.2, 0.25) is 0 Å². The third kappa shape index (κ3) is 2.32. The standard InChI is InChI=1S/C17H12F3N5O/c1-24-14-12-8-9(15(21)26)2-7-13(12)25(16(14)22-23-24)11-5-3-10(4-6-11)17(18,19)20/h2-8H,1H3,(H2,21,26). The number of nitrogens with zero attached hydrogens (tertiary/aromatic N) is 4. The lowest BCUT2D eigenvalue weighted by molar-refractivity contribution is -0.137. The SMILES string of the molecule is Cn1nnc2c1c1cc(C(N)=O)ccc1n2-c1ccc(C(F)(F)F)cc1. The monoisotopic (exact) mass is 359 g/mol. The number of carbonyl (C=O) groups is 1. The number of benzene rings is 2. The molecular formula is C17H12F3N5O. The van der Waals surface area contributed by atoms with Gasteiger partial charge in [-0.25, -0.2) is 4.68 Å². The van der Waals surface area contributed by atoms with Crippen LogP contribution in [0.15, 0.2) is 42.5 Å². The third-order valence-corrected chi connectivity index (χ3v) is 4.25. The van der Waals surface area contributed by atoms with E-state index in [-0.39, 0.29) is 0 Å². The molecular weight excluding hydrogens is 347 g/mol. The fourth-order valence-electron chi connectivity index (χ4n) is 3.04. The van der Waals surface area contributed by atoms with Gasteiger partial charge in [-0.3, -0.25) is 9.36 Å². The molecule has 0 radical (unpaired) electrons. The number of amides is 1. The smallest absolute Gasteiger partial charge is 0.366 e. The minimum atomic E-state index is -4.41. The van der Waals surface area contributed by atoms with Gasteiger partial charge >= 0.3 is 6.18 Å². The van der Waals surface area contributed by atoms with Crippen LogP contribution in [0, 0.1) is 0 Å². The number of aryl methyl sites for hydroxylation is 1. The van der Waals surface area contributed by atoms with Crippen LogP contribution in [0.4, 0.5) is 13.2 Å². The number of primary amides is 1. The Morgan fingerprint density at radius 2 is 1.81 bits per heavy atom. The number of hydrogen-bond donors (Lipinski definition) is 1. The molecule has 26 heavy (non-hydrogen) atoms. The number of carbonyl (C=O) groups excluding carboxylic acids is 1. The van der Waals surface area contributed by atoms with Gasteiger partial charge in [0.1, 0.15) is 5.52 Å². The molecule has 4 rings (SSSR count). The molecule has 6 nitrogen and oxygen atoms in total. The van der Waals surface area contributed by atoms with Crippen LogP contribution in [0.5, 0.6) is 0 Å². The van der Waals surface area contributed by atoms with Gasteiger partial charge in [0, 0.05) is 23.7 Å². The van der Waals surface area contributed by atoms with Crippen LogP contribution in [0.1, 0.15) is 15.9 Å². The summed E-state index contributed by atoms with van der Waals surface area (Å²) in [6.07, 6.45) is -4.41. The van der Waals surface area contributed by atoms with Crippen molar-refractivity contribution in [2.45, 2.75) is 6.18 Å². The topological polar surface area (TPSA) is 78.7 Å². The van der Waals surface area contributed by atoms with E-state index in [0.29, 0.717) is 33.3 Å². The van der Waals surface area contributed by atoms with E-state index in [1.807, 2.05) is 0 Å². The van der Waals surface area contributed by atoms with Gasteiger partial charge in [0.05, 0.1) is 11.1 Å². The van der Waals surface area contributed by atoms with Gasteiger partial charge in [-0.1, -0.05) is 5.21 Å². The minimum Gasteiger partial charge on any atom is -0.366 e. The summed E-state index contributed by atoms with van der Waals surface area (Å²) in [5, 5.41) is 8.77. The van der Waals surface area contributed by atoms with Gasteiger partial charge in [0.25, 0.3) is 0 Å². The zero-order chi connectivity index (χ0) is 18.6. The molecule has 2 aromatic carbocycles. The van der Waals surface area contributed by atoms with Gasteiger partial charge in [-0.2, -0.15) is 13.2 Å². The average molecular weight is 359 g/mol. The summed E-state index contributed by atoms with van der Waals surface area (Å²) in [6, 6.07) is 9.66. The highest BCUT2D eigenvalue weighted by Crippen LogP contribution is 2.33. The molecule has 2 N–H and O–H groups in total. The molecule has 0 unspecified atom stereocenters. The number of hydrogen-bond acceptors (Lipinski definition) is 3. The Kier molecular flexibility index (Phi) is 3.30. The van der Waals surface area contributed by atoms with E-state index >= 15 is 0 Å². The molecule has 0 fully saturated rings. The van der Waals surface area contributed by atoms with Gasteiger partial charge in [0.15, 0.2) is 5.65 Å². The van der Waals surface area contributed by atoms with Crippen molar-refractivity contribution in [2.24, 2.45) is 12.8 Å². The van der Waals surface area contributed by atoms with Gasteiger partial charge in [-0.15, -0.1) is 5.10 Å². The van der Waals surface area contributed by atoms with E-state index in [0.717, 1.165) is 12.1 Å². The molecule has 4 aromatic rings. The van der Waals surface area contributed by atoms with Crippen molar-refractivity contribution in [1.29, 1.82) is 0 Å². The summed E-state index contributed by atoms with van der Waals surface area (Å²) in [5.41, 5.74) is 7.26. The van der Waals surface area contributed by atoms with Crippen molar-refractivity contribution in [3.05, 3.63) is 53.6 Å². The number of nitrogens with two attached hydrogens (primary N) is 1.